The molecule has 2 rings (SSSR count). The first-order valence-electron chi connectivity index (χ1n) is 5.84. The molecule has 0 aliphatic carbocycles. The van der Waals surface area contributed by atoms with Gasteiger partial charge in [0, 0.05) is 9.79 Å². The number of rotatable bonds is 3. The summed E-state index contributed by atoms with van der Waals surface area (Å²) in [6.45, 7) is 3.50. The van der Waals surface area contributed by atoms with Crippen molar-refractivity contribution in [1.82, 2.24) is 0 Å². The lowest BCUT2D eigenvalue weighted by atomic mass is 10.2. The van der Waals surface area contributed by atoms with E-state index in [4.69, 9.17) is 11.5 Å². The summed E-state index contributed by atoms with van der Waals surface area (Å²) in [4.78, 5) is 1.46. The van der Waals surface area contributed by atoms with Gasteiger partial charge in [-0.05, 0) is 49.2 Å². The monoisotopic (exact) mass is 312 g/mol. The van der Waals surface area contributed by atoms with Crippen LogP contribution in [-0.4, -0.2) is 0 Å². The van der Waals surface area contributed by atoms with E-state index < -0.39 is 11.6 Å². The number of anilines is 2. The predicted octanol–water partition coefficient (Wildman–Crippen LogP) is 4.55. The first-order chi connectivity index (χ1) is 9.38. The molecule has 20 heavy (non-hydrogen) atoms. The summed E-state index contributed by atoms with van der Waals surface area (Å²) >= 11 is 0. The normalized spacial score (nSPS) is 10.8. The predicted molar refractivity (Wildman–Crippen MR) is 82.8 cm³/mol. The molecule has 0 fully saturated rings. The van der Waals surface area contributed by atoms with Crippen LogP contribution in [0.1, 0.15) is 11.1 Å². The molecule has 0 aliphatic heterocycles. The Hall–Kier alpha value is -1.40. The number of nitrogen functional groups attached to an aromatic ring is 2. The number of hydrogen-bond acceptors (Lipinski definition) is 4. The zero-order chi connectivity index (χ0) is 14.9. The molecule has 0 aliphatic rings. The molecule has 0 heterocycles. The average Bonchev–Trinajstić information content (AvgIpc) is 2.39. The van der Waals surface area contributed by atoms with Crippen LogP contribution in [0.25, 0.3) is 0 Å². The summed E-state index contributed by atoms with van der Waals surface area (Å²) in [6.07, 6.45) is 0. The van der Waals surface area contributed by atoms with E-state index in [-0.39, 0.29) is 11.4 Å². The standard InChI is InChI=1S/C14H14F2N2S2/c1-7-3-9(5-11(15)13(7)17)19-20-10-4-8(2)14(18)12(16)6-10/h3-6H,17-18H2,1-2H3. The first-order valence-corrected chi connectivity index (χ1v) is 7.99. The summed E-state index contributed by atoms with van der Waals surface area (Å²) in [5.41, 5.74) is 12.8. The number of hydrogen-bond donors (Lipinski definition) is 2. The van der Waals surface area contributed by atoms with Crippen molar-refractivity contribution in [3.8, 4) is 0 Å². The third-order valence-electron chi connectivity index (χ3n) is 2.85. The van der Waals surface area contributed by atoms with Gasteiger partial charge in [-0.1, -0.05) is 21.6 Å². The highest BCUT2D eigenvalue weighted by molar-refractivity contribution is 8.76. The average molecular weight is 312 g/mol. The van der Waals surface area contributed by atoms with Crippen LogP contribution in [0, 0.1) is 25.5 Å². The van der Waals surface area contributed by atoms with Gasteiger partial charge in [0.25, 0.3) is 0 Å². The molecule has 2 aromatic rings. The minimum Gasteiger partial charge on any atom is -0.396 e. The van der Waals surface area contributed by atoms with E-state index >= 15 is 0 Å². The van der Waals surface area contributed by atoms with Crippen molar-refractivity contribution < 1.29 is 8.78 Å². The topological polar surface area (TPSA) is 52.0 Å². The minimum atomic E-state index is -0.437. The van der Waals surface area contributed by atoms with Gasteiger partial charge in [-0.15, -0.1) is 0 Å². The van der Waals surface area contributed by atoms with Crippen LogP contribution in [0.3, 0.4) is 0 Å². The molecule has 0 atom stereocenters. The molecule has 0 radical (unpaired) electrons. The van der Waals surface area contributed by atoms with E-state index in [0.717, 1.165) is 9.79 Å². The molecule has 0 unspecified atom stereocenters. The maximum Gasteiger partial charge on any atom is 0.147 e. The van der Waals surface area contributed by atoms with Crippen molar-refractivity contribution in [3.05, 3.63) is 47.0 Å². The van der Waals surface area contributed by atoms with Gasteiger partial charge >= 0.3 is 0 Å². The molecule has 106 valence electrons. The smallest absolute Gasteiger partial charge is 0.147 e. The molecular weight excluding hydrogens is 298 g/mol. The molecule has 0 aromatic heterocycles. The maximum absolute atomic E-state index is 13.5. The lowest BCUT2D eigenvalue weighted by molar-refractivity contribution is 0.627. The summed E-state index contributed by atoms with van der Waals surface area (Å²) in [5, 5.41) is 0. The number of halogens is 2. The molecular formula is C14H14F2N2S2. The van der Waals surface area contributed by atoms with E-state index in [1.165, 1.54) is 33.7 Å². The van der Waals surface area contributed by atoms with Crippen molar-refractivity contribution in [3.63, 3.8) is 0 Å². The Morgan fingerprint density at radius 2 is 1.10 bits per heavy atom. The van der Waals surface area contributed by atoms with Crippen LogP contribution in [0.4, 0.5) is 20.2 Å². The molecule has 4 N–H and O–H groups in total. The number of aryl methyl sites for hydroxylation is 2. The van der Waals surface area contributed by atoms with E-state index in [9.17, 15) is 8.78 Å². The van der Waals surface area contributed by atoms with Crippen molar-refractivity contribution >= 4 is 33.0 Å². The fraction of sp³-hybridized carbons (Fsp3) is 0.143. The van der Waals surface area contributed by atoms with Crippen molar-refractivity contribution in [1.29, 1.82) is 0 Å². The van der Waals surface area contributed by atoms with E-state index in [1.54, 1.807) is 26.0 Å². The Kier molecular flexibility index (Phi) is 4.45. The number of nitrogens with two attached hydrogens (primary N) is 2. The quantitative estimate of drug-likeness (QED) is 0.645. The van der Waals surface area contributed by atoms with Gasteiger partial charge in [-0.3, -0.25) is 0 Å². The molecule has 2 aromatic carbocycles. The summed E-state index contributed by atoms with van der Waals surface area (Å²) in [5.74, 6) is -0.875. The van der Waals surface area contributed by atoms with Crippen LogP contribution >= 0.6 is 21.6 Å². The molecule has 0 bridgehead atoms. The second-order valence-electron chi connectivity index (χ2n) is 4.44. The third kappa shape index (κ3) is 3.19. The highest BCUT2D eigenvalue weighted by Crippen LogP contribution is 2.40. The van der Waals surface area contributed by atoms with Gasteiger partial charge in [0.2, 0.25) is 0 Å². The fourth-order valence-electron chi connectivity index (χ4n) is 1.64. The van der Waals surface area contributed by atoms with E-state index in [2.05, 4.69) is 0 Å². The highest BCUT2D eigenvalue weighted by atomic mass is 33.1. The SMILES string of the molecule is Cc1cc(SSc2cc(C)c(N)c(F)c2)cc(F)c1N. The van der Waals surface area contributed by atoms with Crippen LogP contribution in [-0.2, 0) is 0 Å². The Balaban J connectivity index is 2.17. The Bertz CT molecular complexity index is 556. The first kappa shape index (κ1) is 15.0. The van der Waals surface area contributed by atoms with Gasteiger partial charge in [-0.2, -0.15) is 0 Å². The lowest BCUT2D eigenvalue weighted by Crippen LogP contribution is -1.95. The summed E-state index contributed by atoms with van der Waals surface area (Å²) in [6, 6.07) is 6.36. The summed E-state index contributed by atoms with van der Waals surface area (Å²) < 4.78 is 27.0. The van der Waals surface area contributed by atoms with Crippen LogP contribution < -0.4 is 11.5 Å². The largest absolute Gasteiger partial charge is 0.396 e. The maximum atomic E-state index is 13.5. The third-order valence-corrected chi connectivity index (χ3v) is 5.20. The molecule has 2 nitrogen and oxygen atoms in total. The Morgan fingerprint density at radius 1 is 0.750 bits per heavy atom. The van der Waals surface area contributed by atoms with Crippen LogP contribution in [0.15, 0.2) is 34.1 Å². The van der Waals surface area contributed by atoms with Crippen molar-refractivity contribution in [2.45, 2.75) is 23.6 Å². The molecule has 0 spiro atoms. The van der Waals surface area contributed by atoms with Gasteiger partial charge in [0.1, 0.15) is 11.6 Å². The second-order valence-corrected chi connectivity index (χ2v) is 6.71. The molecule has 0 saturated heterocycles. The fourth-order valence-corrected chi connectivity index (χ4v) is 3.74. The summed E-state index contributed by atoms with van der Waals surface area (Å²) in [7, 11) is 2.69. The molecule has 0 amide bonds. The zero-order valence-corrected chi connectivity index (χ0v) is 12.7. The van der Waals surface area contributed by atoms with Crippen molar-refractivity contribution in [2.24, 2.45) is 0 Å². The second kappa shape index (κ2) is 5.93. The number of benzene rings is 2. The van der Waals surface area contributed by atoms with Crippen molar-refractivity contribution in [2.75, 3.05) is 11.5 Å². The highest BCUT2D eigenvalue weighted by Gasteiger charge is 2.08. The van der Waals surface area contributed by atoms with Crippen LogP contribution in [0.5, 0.6) is 0 Å². The van der Waals surface area contributed by atoms with Crippen LogP contribution in [0.2, 0.25) is 0 Å². The van der Waals surface area contributed by atoms with Gasteiger partial charge in [0.05, 0.1) is 11.4 Å². The zero-order valence-electron chi connectivity index (χ0n) is 11.0. The van der Waals surface area contributed by atoms with E-state index in [0.29, 0.717) is 11.1 Å². The van der Waals surface area contributed by atoms with E-state index in [1.807, 2.05) is 0 Å². The molecule has 0 saturated carbocycles. The Labute approximate surface area is 124 Å². The minimum absolute atomic E-state index is 0.161. The molecule has 6 heteroatoms. The van der Waals surface area contributed by atoms with Gasteiger partial charge in [0.15, 0.2) is 0 Å². The van der Waals surface area contributed by atoms with Gasteiger partial charge < -0.3 is 11.5 Å². The van der Waals surface area contributed by atoms with Gasteiger partial charge in [-0.25, -0.2) is 8.78 Å². The Morgan fingerprint density at radius 3 is 1.40 bits per heavy atom. The lowest BCUT2D eigenvalue weighted by Gasteiger charge is -2.08.